The summed E-state index contributed by atoms with van der Waals surface area (Å²) in [7, 11) is -3.95. The number of rotatable bonds is 6. The van der Waals surface area contributed by atoms with Gasteiger partial charge in [0.15, 0.2) is 0 Å². The van der Waals surface area contributed by atoms with E-state index in [1.807, 2.05) is 0 Å². The van der Waals surface area contributed by atoms with Crippen LogP contribution >= 0.6 is 0 Å². The number of carbonyl (C=O) groups excluding carboxylic acids is 3. The standard InChI is InChI=1S/C19H18N2O6S/c1-2-27-19(24)13-6-5-7-14(12-13)20-17(22)10-11-21-18(23)15-8-3-4-9-16(15)28(21,25)26/h3-9,12H,2,10-11H2,1H3,(H,20,22). The van der Waals surface area contributed by atoms with Crippen LogP contribution in [0.3, 0.4) is 0 Å². The van der Waals surface area contributed by atoms with E-state index in [4.69, 9.17) is 4.74 Å². The van der Waals surface area contributed by atoms with Crippen molar-refractivity contribution < 1.29 is 27.5 Å². The molecule has 0 unspecified atom stereocenters. The van der Waals surface area contributed by atoms with Crippen molar-refractivity contribution >= 4 is 33.5 Å². The minimum Gasteiger partial charge on any atom is -0.462 e. The maximum absolute atomic E-state index is 12.5. The lowest BCUT2D eigenvalue weighted by Gasteiger charge is -2.15. The topological polar surface area (TPSA) is 110 Å². The third-order valence-electron chi connectivity index (χ3n) is 4.11. The first-order valence-corrected chi connectivity index (χ1v) is 10.0. The molecule has 0 saturated carbocycles. The summed E-state index contributed by atoms with van der Waals surface area (Å²) in [5, 5.41) is 2.59. The van der Waals surface area contributed by atoms with Crippen molar-refractivity contribution in [1.82, 2.24) is 4.31 Å². The summed E-state index contributed by atoms with van der Waals surface area (Å²) in [6.45, 7) is 1.64. The molecule has 0 aromatic heterocycles. The molecule has 9 heteroatoms. The number of ether oxygens (including phenoxy) is 1. The fourth-order valence-corrected chi connectivity index (χ4v) is 4.39. The number of hydrogen-bond donors (Lipinski definition) is 1. The Balaban J connectivity index is 1.65. The molecule has 1 aliphatic rings. The van der Waals surface area contributed by atoms with Crippen LogP contribution in [0.15, 0.2) is 53.4 Å². The Hall–Kier alpha value is -3.20. The van der Waals surface area contributed by atoms with Crippen LogP contribution in [0.25, 0.3) is 0 Å². The molecule has 0 radical (unpaired) electrons. The highest BCUT2D eigenvalue weighted by Crippen LogP contribution is 2.29. The maximum atomic E-state index is 12.5. The van der Waals surface area contributed by atoms with Crippen LogP contribution in [-0.4, -0.2) is 43.7 Å². The molecule has 0 fully saturated rings. The van der Waals surface area contributed by atoms with Crippen molar-refractivity contribution in [2.24, 2.45) is 0 Å². The summed E-state index contributed by atoms with van der Waals surface area (Å²) >= 11 is 0. The molecule has 0 aliphatic carbocycles. The van der Waals surface area contributed by atoms with Crippen LogP contribution in [0.2, 0.25) is 0 Å². The number of amides is 2. The molecule has 1 aliphatic heterocycles. The van der Waals surface area contributed by atoms with Gasteiger partial charge in [-0.25, -0.2) is 17.5 Å². The molecule has 3 rings (SSSR count). The lowest BCUT2D eigenvalue weighted by atomic mass is 10.2. The Bertz CT molecular complexity index is 1050. The molecular formula is C19H18N2O6S. The second-order valence-electron chi connectivity index (χ2n) is 5.98. The van der Waals surface area contributed by atoms with Gasteiger partial charge in [-0.15, -0.1) is 0 Å². The van der Waals surface area contributed by atoms with Crippen LogP contribution in [-0.2, 0) is 19.6 Å². The summed E-state index contributed by atoms with van der Waals surface area (Å²) in [5.41, 5.74) is 0.756. The Morgan fingerprint density at radius 3 is 2.57 bits per heavy atom. The van der Waals surface area contributed by atoms with E-state index >= 15 is 0 Å². The Morgan fingerprint density at radius 2 is 1.86 bits per heavy atom. The van der Waals surface area contributed by atoms with Gasteiger partial charge in [0.1, 0.15) is 4.90 Å². The minimum absolute atomic E-state index is 0.0532. The van der Waals surface area contributed by atoms with Gasteiger partial charge in [-0.05, 0) is 37.3 Å². The fraction of sp³-hybridized carbons (Fsp3) is 0.211. The van der Waals surface area contributed by atoms with Gasteiger partial charge in [-0.1, -0.05) is 18.2 Å². The molecule has 146 valence electrons. The summed E-state index contributed by atoms with van der Waals surface area (Å²) in [5.74, 6) is -1.64. The van der Waals surface area contributed by atoms with Crippen molar-refractivity contribution in [2.75, 3.05) is 18.5 Å². The van der Waals surface area contributed by atoms with E-state index in [-0.39, 0.29) is 35.6 Å². The molecule has 0 spiro atoms. The second-order valence-corrected chi connectivity index (χ2v) is 7.81. The predicted octanol–water partition coefficient (Wildman–Crippen LogP) is 2.04. The first-order valence-electron chi connectivity index (χ1n) is 8.57. The SMILES string of the molecule is CCOC(=O)c1cccc(NC(=O)CCN2C(=O)c3ccccc3S2(=O)=O)c1. The van der Waals surface area contributed by atoms with Crippen LogP contribution in [0.1, 0.15) is 34.1 Å². The van der Waals surface area contributed by atoms with Gasteiger partial charge in [0.2, 0.25) is 5.91 Å². The lowest BCUT2D eigenvalue weighted by molar-refractivity contribution is -0.116. The highest BCUT2D eigenvalue weighted by Gasteiger charge is 2.40. The van der Waals surface area contributed by atoms with Crippen molar-refractivity contribution in [3.05, 3.63) is 59.7 Å². The number of nitrogens with one attached hydrogen (secondary N) is 1. The number of nitrogens with zero attached hydrogens (tertiary/aromatic N) is 1. The predicted molar refractivity (Wildman–Crippen MR) is 100 cm³/mol. The van der Waals surface area contributed by atoms with Gasteiger partial charge >= 0.3 is 5.97 Å². The molecule has 0 saturated heterocycles. The number of hydrogen-bond acceptors (Lipinski definition) is 6. The fourth-order valence-electron chi connectivity index (χ4n) is 2.82. The van der Waals surface area contributed by atoms with Crippen molar-refractivity contribution in [3.63, 3.8) is 0 Å². The summed E-state index contributed by atoms with van der Waals surface area (Å²) in [6.07, 6.45) is -0.220. The van der Waals surface area contributed by atoms with Crippen LogP contribution in [0.5, 0.6) is 0 Å². The van der Waals surface area contributed by atoms with Crippen molar-refractivity contribution in [2.45, 2.75) is 18.2 Å². The second kappa shape index (κ2) is 7.81. The van der Waals surface area contributed by atoms with E-state index in [0.29, 0.717) is 9.99 Å². The smallest absolute Gasteiger partial charge is 0.338 e. The van der Waals surface area contributed by atoms with Gasteiger partial charge in [0.25, 0.3) is 15.9 Å². The molecule has 1 heterocycles. The summed E-state index contributed by atoms with van der Waals surface area (Å²) in [6, 6.07) is 12.1. The van der Waals surface area contributed by atoms with E-state index < -0.39 is 27.8 Å². The van der Waals surface area contributed by atoms with Gasteiger partial charge < -0.3 is 10.1 Å². The Morgan fingerprint density at radius 1 is 1.11 bits per heavy atom. The average Bonchev–Trinajstić information content (AvgIpc) is 2.87. The van der Waals surface area contributed by atoms with Crippen molar-refractivity contribution in [1.29, 1.82) is 0 Å². The highest BCUT2D eigenvalue weighted by molar-refractivity contribution is 7.90. The zero-order chi connectivity index (χ0) is 20.3. The summed E-state index contributed by atoms with van der Waals surface area (Å²) < 4.78 is 30.5. The number of carbonyl (C=O) groups is 3. The summed E-state index contributed by atoms with van der Waals surface area (Å²) in [4.78, 5) is 36.2. The normalized spacial score (nSPS) is 14.5. The van der Waals surface area contributed by atoms with Gasteiger partial charge in [0, 0.05) is 18.7 Å². The number of benzene rings is 2. The Kier molecular flexibility index (Phi) is 5.46. The molecule has 28 heavy (non-hydrogen) atoms. The quantitative estimate of drug-likeness (QED) is 0.741. The van der Waals surface area contributed by atoms with Gasteiger partial charge in [-0.3, -0.25) is 9.59 Å². The van der Waals surface area contributed by atoms with E-state index in [9.17, 15) is 22.8 Å². The molecule has 2 aromatic rings. The molecule has 0 atom stereocenters. The Labute approximate surface area is 162 Å². The minimum atomic E-state index is -3.95. The maximum Gasteiger partial charge on any atom is 0.338 e. The third-order valence-corrected chi connectivity index (χ3v) is 5.95. The number of anilines is 1. The zero-order valence-electron chi connectivity index (χ0n) is 15.0. The molecule has 1 N–H and O–H groups in total. The third kappa shape index (κ3) is 3.74. The highest BCUT2D eigenvalue weighted by atomic mass is 32.2. The molecule has 2 amide bonds. The zero-order valence-corrected chi connectivity index (χ0v) is 15.9. The van der Waals surface area contributed by atoms with Gasteiger partial charge in [-0.2, -0.15) is 0 Å². The molecule has 8 nitrogen and oxygen atoms in total. The molecule has 2 aromatic carbocycles. The van der Waals surface area contributed by atoms with Crippen LogP contribution < -0.4 is 5.32 Å². The van der Waals surface area contributed by atoms with Crippen molar-refractivity contribution in [3.8, 4) is 0 Å². The first-order chi connectivity index (χ1) is 13.3. The molecule has 0 bridgehead atoms. The first kappa shape index (κ1) is 19.6. The van der Waals surface area contributed by atoms with Crippen LogP contribution in [0.4, 0.5) is 5.69 Å². The monoisotopic (exact) mass is 402 g/mol. The number of fused-ring (bicyclic) bond motifs is 1. The van der Waals surface area contributed by atoms with E-state index in [1.165, 1.54) is 24.3 Å². The van der Waals surface area contributed by atoms with Crippen LogP contribution in [0, 0.1) is 0 Å². The average molecular weight is 402 g/mol. The van der Waals surface area contributed by atoms with Gasteiger partial charge in [0.05, 0.1) is 17.7 Å². The van der Waals surface area contributed by atoms with E-state index in [0.717, 1.165) is 0 Å². The molecular weight excluding hydrogens is 384 g/mol. The largest absolute Gasteiger partial charge is 0.462 e. The number of esters is 1. The van der Waals surface area contributed by atoms with E-state index in [2.05, 4.69) is 5.32 Å². The lowest BCUT2D eigenvalue weighted by Crippen LogP contribution is -2.33. The number of sulfonamides is 1. The van der Waals surface area contributed by atoms with E-state index in [1.54, 1.807) is 31.2 Å².